The lowest BCUT2D eigenvalue weighted by molar-refractivity contribution is -0.0411. The molecule has 0 radical (unpaired) electrons. The minimum Gasteiger partial charge on any atom is -0.497 e. The van der Waals surface area contributed by atoms with Gasteiger partial charge in [-0.2, -0.15) is 0 Å². The molecule has 0 N–H and O–H groups in total. The topological polar surface area (TPSA) is 30.9 Å². The van der Waals surface area contributed by atoms with Crippen LogP contribution in [0.5, 0.6) is 11.5 Å². The molecule has 1 aromatic rings. The van der Waals surface area contributed by atoms with Gasteiger partial charge in [-0.15, -0.1) is 0 Å². The maximum atomic E-state index is 5.91. The minimum atomic E-state index is 0.0428. The first-order valence-electron chi connectivity index (χ1n) is 6.73. The first kappa shape index (κ1) is 14.2. The first-order valence-corrected chi connectivity index (χ1v) is 6.73. The van der Waals surface area contributed by atoms with Crippen molar-refractivity contribution in [1.29, 1.82) is 0 Å². The van der Waals surface area contributed by atoms with E-state index in [2.05, 4.69) is 18.7 Å². The van der Waals surface area contributed by atoms with Crippen molar-refractivity contribution >= 4 is 0 Å². The van der Waals surface area contributed by atoms with Gasteiger partial charge in [-0.3, -0.25) is 4.90 Å². The molecule has 1 aliphatic heterocycles. The Hall–Kier alpha value is -1.26. The third-order valence-electron chi connectivity index (χ3n) is 3.61. The molecule has 0 unspecified atom stereocenters. The summed E-state index contributed by atoms with van der Waals surface area (Å²) in [6.07, 6.45) is 0.0428. The van der Waals surface area contributed by atoms with Gasteiger partial charge < -0.3 is 14.2 Å². The zero-order valence-electron chi connectivity index (χ0n) is 12.2. The zero-order chi connectivity index (χ0) is 13.8. The highest BCUT2D eigenvalue weighted by Crippen LogP contribution is 2.33. The van der Waals surface area contributed by atoms with Crippen molar-refractivity contribution in [2.45, 2.75) is 26.0 Å². The van der Waals surface area contributed by atoms with Crippen LogP contribution in [-0.4, -0.2) is 44.9 Å². The van der Waals surface area contributed by atoms with E-state index >= 15 is 0 Å². The second kappa shape index (κ2) is 6.26. The molecule has 1 saturated heterocycles. The fourth-order valence-electron chi connectivity index (χ4n) is 2.42. The van der Waals surface area contributed by atoms with Crippen LogP contribution in [-0.2, 0) is 4.74 Å². The second-order valence-electron chi connectivity index (χ2n) is 5.06. The van der Waals surface area contributed by atoms with Crippen molar-refractivity contribution in [3.63, 3.8) is 0 Å². The number of hydrogen-bond acceptors (Lipinski definition) is 4. The van der Waals surface area contributed by atoms with Crippen molar-refractivity contribution in [3.8, 4) is 11.5 Å². The van der Waals surface area contributed by atoms with E-state index in [9.17, 15) is 0 Å². The van der Waals surface area contributed by atoms with E-state index in [-0.39, 0.29) is 6.10 Å². The molecule has 106 valence electrons. The van der Waals surface area contributed by atoms with E-state index in [4.69, 9.17) is 14.2 Å². The van der Waals surface area contributed by atoms with Gasteiger partial charge in [0.1, 0.15) is 11.5 Å². The summed E-state index contributed by atoms with van der Waals surface area (Å²) in [6.45, 7) is 7.06. The lowest BCUT2D eigenvalue weighted by atomic mass is 10.1. The Morgan fingerprint density at radius 3 is 2.68 bits per heavy atom. The molecule has 1 aromatic carbocycles. The maximum absolute atomic E-state index is 5.91. The Bertz CT molecular complexity index is 420. The monoisotopic (exact) mass is 265 g/mol. The van der Waals surface area contributed by atoms with Crippen LogP contribution in [0.15, 0.2) is 18.2 Å². The van der Waals surface area contributed by atoms with Gasteiger partial charge in [0.05, 0.1) is 26.9 Å². The first-order chi connectivity index (χ1) is 9.15. The largest absolute Gasteiger partial charge is 0.497 e. The maximum Gasteiger partial charge on any atom is 0.124 e. The molecule has 0 aromatic heterocycles. The molecule has 1 aliphatic rings. The molecule has 1 fully saturated rings. The number of morpholine rings is 1. The second-order valence-corrected chi connectivity index (χ2v) is 5.06. The van der Waals surface area contributed by atoms with Gasteiger partial charge in [-0.05, 0) is 32.0 Å². The van der Waals surface area contributed by atoms with Gasteiger partial charge in [-0.25, -0.2) is 0 Å². The predicted octanol–water partition coefficient (Wildman–Crippen LogP) is 2.49. The fourth-order valence-corrected chi connectivity index (χ4v) is 2.42. The molecule has 0 saturated carbocycles. The molecule has 19 heavy (non-hydrogen) atoms. The van der Waals surface area contributed by atoms with Crippen LogP contribution in [0.4, 0.5) is 0 Å². The van der Waals surface area contributed by atoms with Gasteiger partial charge in [0.25, 0.3) is 0 Å². The van der Waals surface area contributed by atoms with Crippen LogP contribution >= 0.6 is 0 Å². The zero-order valence-corrected chi connectivity index (χ0v) is 12.2. The van der Waals surface area contributed by atoms with Gasteiger partial charge in [0, 0.05) is 24.7 Å². The van der Waals surface area contributed by atoms with Gasteiger partial charge in [0.15, 0.2) is 0 Å². The van der Waals surface area contributed by atoms with Gasteiger partial charge in [0.2, 0.25) is 0 Å². The average molecular weight is 265 g/mol. The summed E-state index contributed by atoms with van der Waals surface area (Å²) in [7, 11) is 3.36. The molecule has 1 heterocycles. The van der Waals surface area contributed by atoms with E-state index in [1.807, 2.05) is 18.2 Å². The lowest BCUT2D eigenvalue weighted by Crippen LogP contribution is -2.42. The summed E-state index contributed by atoms with van der Waals surface area (Å²) in [5.74, 6) is 1.69. The lowest BCUT2D eigenvalue weighted by Gasteiger charge is -2.36. The summed E-state index contributed by atoms with van der Waals surface area (Å²) in [4.78, 5) is 2.42. The van der Waals surface area contributed by atoms with E-state index in [0.717, 1.165) is 36.8 Å². The fraction of sp³-hybridized carbons (Fsp3) is 0.600. The number of nitrogens with zero attached hydrogens (tertiary/aromatic N) is 1. The molecular weight excluding hydrogens is 242 g/mol. The van der Waals surface area contributed by atoms with Crippen molar-refractivity contribution in [2.24, 2.45) is 0 Å². The van der Waals surface area contributed by atoms with Crippen LogP contribution in [0.3, 0.4) is 0 Å². The quantitative estimate of drug-likeness (QED) is 0.837. The van der Waals surface area contributed by atoms with E-state index in [1.165, 1.54) is 0 Å². The number of methoxy groups -OCH3 is 2. The highest BCUT2D eigenvalue weighted by Gasteiger charge is 2.26. The Balaban J connectivity index is 2.24. The van der Waals surface area contributed by atoms with E-state index in [0.29, 0.717) is 6.04 Å². The number of hydrogen-bond donors (Lipinski definition) is 0. The molecule has 4 nitrogen and oxygen atoms in total. The Morgan fingerprint density at radius 1 is 1.26 bits per heavy atom. The molecular formula is C15H23NO3. The molecule has 0 bridgehead atoms. The third-order valence-corrected chi connectivity index (χ3v) is 3.61. The van der Waals surface area contributed by atoms with E-state index < -0.39 is 0 Å². The summed E-state index contributed by atoms with van der Waals surface area (Å²) < 4.78 is 16.6. The summed E-state index contributed by atoms with van der Waals surface area (Å²) in [6, 6.07) is 6.38. The Morgan fingerprint density at radius 2 is 2.05 bits per heavy atom. The number of rotatable bonds is 4. The van der Waals surface area contributed by atoms with Crippen molar-refractivity contribution < 1.29 is 14.2 Å². The molecule has 2 rings (SSSR count). The molecule has 4 heteroatoms. The number of benzene rings is 1. The highest BCUT2D eigenvalue weighted by molar-refractivity contribution is 5.42. The van der Waals surface area contributed by atoms with Crippen molar-refractivity contribution in [2.75, 3.05) is 33.9 Å². The van der Waals surface area contributed by atoms with Crippen LogP contribution in [0.2, 0.25) is 0 Å². The summed E-state index contributed by atoms with van der Waals surface area (Å²) >= 11 is 0. The van der Waals surface area contributed by atoms with Crippen molar-refractivity contribution in [3.05, 3.63) is 23.8 Å². The third kappa shape index (κ3) is 3.19. The molecule has 1 atom stereocenters. The minimum absolute atomic E-state index is 0.0428. The standard InChI is InChI=1S/C15H23NO3/c1-11(2)16-7-8-19-15(10-16)13-9-12(17-3)5-6-14(13)18-4/h5-6,9,11,15H,7-8,10H2,1-4H3/t15-/m1/s1. The number of ether oxygens (including phenoxy) is 3. The van der Waals surface area contributed by atoms with Crippen LogP contribution < -0.4 is 9.47 Å². The predicted molar refractivity (Wildman–Crippen MR) is 74.9 cm³/mol. The highest BCUT2D eigenvalue weighted by atomic mass is 16.5. The molecule has 0 amide bonds. The van der Waals surface area contributed by atoms with Crippen LogP contribution in [0.1, 0.15) is 25.5 Å². The summed E-state index contributed by atoms with van der Waals surface area (Å²) in [5.41, 5.74) is 1.06. The van der Waals surface area contributed by atoms with E-state index in [1.54, 1.807) is 14.2 Å². The Kier molecular flexibility index (Phi) is 4.66. The SMILES string of the molecule is COc1ccc(OC)c([C@H]2CN(C(C)C)CCO2)c1. The average Bonchev–Trinajstić information content (AvgIpc) is 2.46. The van der Waals surface area contributed by atoms with Crippen molar-refractivity contribution in [1.82, 2.24) is 4.90 Å². The van der Waals surface area contributed by atoms with Crippen LogP contribution in [0, 0.1) is 0 Å². The van der Waals surface area contributed by atoms with Gasteiger partial charge in [-0.1, -0.05) is 0 Å². The van der Waals surface area contributed by atoms with Crippen LogP contribution in [0.25, 0.3) is 0 Å². The molecule has 0 spiro atoms. The smallest absolute Gasteiger partial charge is 0.124 e. The van der Waals surface area contributed by atoms with Gasteiger partial charge >= 0.3 is 0 Å². The summed E-state index contributed by atoms with van der Waals surface area (Å²) in [5, 5.41) is 0. The molecule has 0 aliphatic carbocycles. The Labute approximate surface area is 115 Å². The normalized spacial score (nSPS) is 20.6.